The highest BCUT2D eigenvalue weighted by Crippen LogP contribution is 2.20. The van der Waals surface area contributed by atoms with Crippen LogP contribution >= 0.6 is 0 Å². The fraction of sp³-hybridized carbons (Fsp3) is 0.280. The molecule has 2 aromatic heterocycles. The lowest BCUT2D eigenvalue weighted by Gasteiger charge is -2.15. The van der Waals surface area contributed by atoms with E-state index in [0.717, 1.165) is 22.2 Å². The molecule has 9 nitrogen and oxygen atoms in total. The summed E-state index contributed by atoms with van der Waals surface area (Å²) in [6.07, 6.45) is 0.140. The first-order valence-corrected chi connectivity index (χ1v) is 11.0. The number of nitrogens with one attached hydrogen (secondary N) is 1. The molecule has 4 rings (SSSR count). The second-order valence-electron chi connectivity index (χ2n) is 8.21. The predicted molar refractivity (Wildman–Crippen MR) is 129 cm³/mol. The first-order chi connectivity index (χ1) is 16.4. The minimum atomic E-state index is -0.747. The molecule has 0 spiro atoms. The molecule has 2 heterocycles. The van der Waals surface area contributed by atoms with Gasteiger partial charge in [-0.05, 0) is 31.5 Å². The summed E-state index contributed by atoms with van der Waals surface area (Å²) >= 11 is 0. The van der Waals surface area contributed by atoms with E-state index in [9.17, 15) is 14.7 Å². The fourth-order valence-electron chi connectivity index (χ4n) is 3.82. The molecule has 0 aliphatic heterocycles. The Kier molecular flexibility index (Phi) is 7.03. The van der Waals surface area contributed by atoms with E-state index in [4.69, 9.17) is 4.74 Å². The number of para-hydroxylation sites is 2. The van der Waals surface area contributed by atoms with Crippen LogP contribution < -0.4 is 15.6 Å². The molecule has 0 saturated carbocycles. The number of rotatable bonds is 10. The van der Waals surface area contributed by atoms with Crippen molar-refractivity contribution in [3.05, 3.63) is 81.6 Å². The Morgan fingerprint density at radius 2 is 1.97 bits per heavy atom. The number of amides is 1. The third kappa shape index (κ3) is 5.32. The monoisotopic (exact) mass is 461 g/mol. The smallest absolute Gasteiger partial charge is 0.267 e. The van der Waals surface area contributed by atoms with E-state index in [-0.39, 0.29) is 18.7 Å². The summed E-state index contributed by atoms with van der Waals surface area (Å²) in [6.45, 7) is 4.56. The van der Waals surface area contributed by atoms with Crippen molar-refractivity contribution < 1.29 is 14.6 Å². The molecular formula is C25H27N5O4. The molecule has 0 saturated heterocycles. The Bertz CT molecular complexity index is 1360. The summed E-state index contributed by atoms with van der Waals surface area (Å²) in [7, 11) is 0. The van der Waals surface area contributed by atoms with E-state index >= 15 is 0 Å². The maximum Gasteiger partial charge on any atom is 0.267 e. The molecule has 1 atom stereocenters. The number of aryl methyl sites for hydroxylation is 2. The van der Waals surface area contributed by atoms with Gasteiger partial charge in [0.05, 0.1) is 36.8 Å². The van der Waals surface area contributed by atoms with E-state index in [0.29, 0.717) is 36.8 Å². The topological polar surface area (TPSA) is 111 Å². The number of benzene rings is 2. The van der Waals surface area contributed by atoms with Crippen molar-refractivity contribution in [2.75, 3.05) is 11.9 Å². The summed E-state index contributed by atoms with van der Waals surface area (Å²) in [5.41, 5.74) is 4.07. The lowest BCUT2D eigenvalue weighted by Crippen LogP contribution is -2.25. The van der Waals surface area contributed by atoms with Crippen molar-refractivity contribution >= 4 is 23.4 Å². The molecule has 34 heavy (non-hydrogen) atoms. The molecule has 1 amide bonds. The molecule has 4 aromatic rings. The number of aliphatic hydroxyl groups is 1. The Hall–Kier alpha value is -3.98. The van der Waals surface area contributed by atoms with Gasteiger partial charge in [-0.3, -0.25) is 14.9 Å². The Labute approximate surface area is 196 Å². The zero-order valence-corrected chi connectivity index (χ0v) is 19.1. The van der Waals surface area contributed by atoms with E-state index in [1.165, 1.54) is 10.7 Å². The molecule has 0 radical (unpaired) electrons. The largest absolute Gasteiger partial charge is 0.476 e. The number of hydrogen-bond donors (Lipinski definition) is 2. The Morgan fingerprint density at radius 3 is 2.76 bits per heavy atom. The van der Waals surface area contributed by atoms with Crippen LogP contribution in [0, 0.1) is 13.8 Å². The van der Waals surface area contributed by atoms with Gasteiger partial charge in [-0.1, -0.05) is 42.0 Å². The number of imidazole rings is 1. The molecule has 0 bridgehead atoms. The number of fused-ring (bicyclic) bond motifs is 1. The quantitative estimate of drug-likeness (QED) is 0.351. The minimum absolute atomic E-state index is 0.200. The third-order valence-corrected chi connectivity index (χ3v) is 5.48. The molecule has 0 aliphatic rings. The van der Waals surface area contributed by atoms with E-state index in [1.54, 1.807) is 11.5 Å². The van der Waals surface area contributed by atoms with Gasteiger partial charge < -0.3 is 14.4 Å². The molecule has 2 N–H and O–H groups in total. The van der Waals surface area contributed by atoms with Gasteiger partial charge in [0.1, 0.15) is 0 Å². The number of hydrogen-bond acceptors (Lipinski definition) is 6. The number of aliphatic hydroxyl groups excluding tert-OH is 1. The van der Waals surface area contributed by atoms with Gasteiger partial charge >= 0.3 is 0 Å². The summed E-state index contributed by atoms with van der Waals surface area (Å²) in [5.74, 6) is 0.729. The summed E-state index contributed by atoms with van der Waals surface area (Å²) < 4.78 is 8.96. The molecule has 0 fully saturated rings. The van der Waals surface area contributed by atoms with Crippen molar-refractivity contribution in [1.82, 2.24) is 19.3 Å². The highest BCUT2D eigenvalue weighted by Gasteiger charge is 2.15. The molecule has 0 aliphatic carbocycles. The van der Waals surface area contributed by atoms with Crippen LogP contribution in [-0.4, -0.2) is 43.6 Å². The van der Waals surface area contributed by atoms with Crippen LogP contribution in [0.2, 0.25) is 0 Å². The van der Waals surface area contributed by atoms with Gasteiger partial charge in [0, 0.05) is 18.1 Å². The molecule has 2 aromatic carbocycles. The zero-order chi connectivity index (χ0) is 24.1. The van der Waals surface area contributed by atoms with Crippen LogP contribution in [0.15, 0.2) is 59.4 Å². The summed E-state index contributed by atoms with van der Waals surface area (Å²) in [5, 5.41) is 17.6. The summed E-state index contributed by atoms with van der Waals surface area (Å²) in [4.78, 5) is 27.7. The van der Waals surface area contributed by atoms with Crippen LogP contribution in [0.25, 0.3) is 11.0 Å². The van der Waals surface area contributed by atoms with Crippen molar-refractivity contribution in [3.8, 4) is 5.88 Å². The minimum Gasteiger partial charge on any atom is -0.476 e. The normalized spacial score (nSPS) is 12.0. The van der Waals surface area contributed by atoms with Gasteiger partial charge in [-0.2, -0.15) is 0 Å². The van der Waals surface area contributed by atoms with Gasteiger partial charge in [0.25, 0.3) is 5.56 Å². The van der Waals surface area contributed by atoms with Gasteiger partial charge in [0.2, 0.25) is 18.2 Å². The SMILES string of the molecule is Cc1cccc(Cn2nc(OCCC(O)Cn3c(NC=O)nc4ccccc43)c(C)cc2=O)c1. The molecular weight excluding hydrogens is 434 g/mol. The fourth-order valence-corrected chi connectivity index (χ4v) is 3.82. The first kappa shape index (κ1) is 23.2. The highest BCUT2D eigenvalue weighted by atomic mass is 16.5. The van der Waals surface area contributed by atoms with E-state index < -0.39 is 6.10 Å². The number of anilines is 1. The molecule has 1 unspecified atom stereocenters. The van der Waals surface area contributed by atoms with Gasteiger partial charge in [-0.25, -0.2) is 9.67 Å². The van der Waals surface area contributed by atoms with Crippen molar-refractivity contribution in [2.24, 2.45) is 0 Å². The molecule has 176 valence electrons. The van der Waals surface area contributed by atoms with Gasteiger partial charge in [0.15, 0.2) is 0 Å². The second kappa shape index (κ2) is 10.3. The van der Waals surface area contributed by atoms with Gasteiger partial charge in [-0.15, -0.1) is 5.10 Å². The number of ether oxygens (including phenoxy) is 1. The second-order valence-corrected chi connectivity index (χ2v) is 8.21. The lowest BCUT2D eigenvalue weighted by atomic mass is 10.1. The van der Waals surface area contributed by atoms with Crippen molar-refractivity contribution in [1.29, 1.82) is 0 Å². The van der Waals surface area contributed by atoms with E-state index in [2.05, 4.69) is 15.4 Å². The highest BCUT2D eigenvalue weighted by molar-refractivity contribution is 5.81. The van der Waals surface area contributed by atoms with Crippen molar-refractivity contribution in [2.45, 2.75) is 39.5 Å². The van der Waals surface area contributed by atoms with E-state index in [1.807, 2.05) is 55.5 Å². The lowest BCUT2D eigenvalue weighted by molar-refractivity contribution is -0.105. The van der Waals surface area contributed by atoms with Crippen LogP contribution in [0.1, 0.15) is 23.1 Å². The number of nitrogens with zero attached hydrogens (tertiary/aromatic N) is 4. The first-order valence-electron chi connectivity index (χ1n) is 11.0. The maximum absolute atomic E-state index is 12.4. The Balaban J connectivity index is 1.41. The number of carbonyl (C=O) groups excluding carboxylic acids is 1. The summed E-state index contributed by atoms with van der Waals surface area (Å²) in [6, 6.07) is 16.9. The predicted octanol–water partition coefficient (Wildman–Crippen LogP) is 2.66. The number of aromatic nitrogens is 4. The number of carbonyl (C=O) groups is 1. The average Bonchev–Trinajstić information content (AvgIpc) is 3.14. The van der Waals surface area contributed by atoms with Crippen molar-refractivity contribution in [3.63, 3.8) is 0 Å². The Morgan fingerprint density at radius 1 is 1.15 bits per heavy atom. The maximum atomic E-state index is 12.4. The van der Waals surface area contributed by atoms with Crippen LogP contribution in [0.4, 0.5) is 5.95 Å². The standard InChI is InChI=1S/C25H27N5O4/c1-17-6-5-7-19(12-17)14-30-23(33)13-18(2)24(28-30)34-11-10-20(32)15-29-22-9-4-3-8-21(22)27-25(29)26-16-31/h3-9,12-13,16,20,32H,10-11,14-15H2,1-2H3,(H,26,27,31). The zero-order valence-electron chi connectivity index (χ0n) is 19.1. The average molecular weight is 462 g/mol. The van der Waals surface area contributed by atoms with Crippen LogP contribution in [-0.2, 0) is 17.9 Å². The van der Waals surface area contributed by atoms with Crippen LogP contribution in [0.5, 0.6) is 5.88 Å². The third-order valence-electron chi connectivity index (χ3n) is 5.48. The van der Waals surface area contributed by atoms with Crippen LogP contribution in [0.3, 0.4) is 0 Å². The molecule has 9 heteroatoms.